The van der Waals surface area contributed by atoms with Crippen molar-refractivity contribution < 1.29 is 26.4 Å². The third-order valence-electron chi connectivity index (χ3n) is 4.95. The molecule has 1 N–H and O–H groups in total. The van der Waals surface area contributed by atoms with Crippen molar-refractivity contribution in [2.75, 3.05) is 43.4 Å². The molecule has 0 aromatic heterocycles. The second-order valence-corrected chi connectivity index (χ2v) is 9.50. The van der Waals surface area contributed by atoms with Gasteiger partial charge < -0.3 is 10.2 Å². The predicted molar refractivity (Wildman–Crippen MR) is 113 cm³/mol. The Hall–Kier alpha value is -2.30. The van der Waals surface area contributed by atoms with Crippen LogP contribution in [0.2, 0.25) is 5.02 Å². The van der Waals surface area contributed by atoms with Gasteiger partial charge in [0.2, 0.25) is 10.0 Å². The molecule has 2 aromatic carbocycles. The van der Waals surface area contributed by atoms with Crippen LogP contribution in [0.3, 0.4) is 0 Å². The summed E-state index contributed by atoms with van der Waals surface area (Å²) in [5, 5.41) is 2.89. The summed E-state index contributed by atoms with van der Waals surface area (Å²) in [6.45, 7) is 1.24. The summed E-state index contributed by atoms with van der Waals surface area (Å²) in [4.78, 5) is 14.2. The van der Waals surface area contributed by atoms with E-state index in [4.69, 9.17) is 11.6 Å². The molecule has 0 atom stereocenters. The number of amides is 1. The van der Waals surface area contributed by atoms with Crippen LogP contribution in [-0.4, -0.2) is 57.1 Å². The minimum Gasteiger partial charge on any atom is -0.369 e. The van der Waals surface area contributed by atoms with Crippen molar-refractivity contribution in [2.24, 2.45) is 0 Å². The first-order valence-corrected chi connectivity index (χ1v) is 11.5. The van der Waals surface area contributed by atoms with E-state index >= 15 is 0 Å². The molecule has 1 heterocycles. The van der Waals surface area contributed by atoms with Crippen molar-refractivity contribution in [2.45, 2.75) is 6.18 Å². The Labute approximate surface area is 183 Å². The summed E-state index contributed by atoms with van der Waals surface area (Å²) in [6.07, 6.45) is -4.68. The normalized spacial score (nSPS) is 15.7. The summed E-state index contributed by atoms with van der Waals surface area (Å²) < 4.78 is 65.6. The molecule has 168 valence electrons. The first-order valence-electron chi connectivity index (χ1n) is 9.51. The third kappa shape index (κ3) is 5.90. The number of benzene rings is 2. The van der Waals surface area contributed by atoms with Crippen molar-refractivity contribution in [3.63, 3.8) is 0 Å². The van der Waals surface area contributed by atoms with Gasteiger partial charge in [-0.05, 0) is 36.4 Å². The molecule has 0 radical (unpaired) electrons. The monoisotopic (exact) mass is 475 g/mol. The van der Waals surface area contributed by atoms with Crippen molar-refractivity contribution >= 4 is 33.2 Å². The number of alkyl halides is 3. The van der Waals surface area contributed by atoms with E-state index in [1.54, 1.807) is 12.1 Å². The number of nitrogens with zero attached hydrogens (tertiary/aromatic N) is 2. The number of hydrogen-bond donors (Lipinski definition) is 1. The molecule has 0 aliphatic carbocycles. The zero-order chi connectivity index (χ0) is 22.6. The Morgan fingerprint density at radius 1 is 1.00 bits per heavy atom. The second kappa shape index (κ2) is 9.46. The average Bonchev–Trinajstić information content (AvgIpc) is 2.73. The van der Waals surface area contributed by atoms with Gasteiger partial charge in [-0.25, -0.2) is 8.42 Å². The zero-order valence-corrected chi connectivity index (χ0v) is 18.0. The smallest absolute Gasteiger partial charge is 0.369 e. The molecule has 11 heteroatoms. The van der Waals surface area contributed by atoms with Crippen LogP contribution in [0.1, 0.15) is 15.9 Å². The summed E-state index contributed by atoms with van der Waals surface area (Å²) in [5.74, 6) is -1.36. The van der Waals surface area contributed by atoms with Gasteiger partial charge in [-0.1, -0.05) is 23.7 Å². The number of piperazine rings is 1. The summed E-state index contributed by atoms with van der Waals surface area (Å²) >= 11 is 5.88. The number of carbonyl (C=O) groups is 1. The lowest BCUT2D eigenvalue weighted by molar-refractivity contribution is -0.137. The molecule has 3 rings (SSSR count). The van der Waals surface area contributed by atoms with E-state index in [1.165, 1.54) is 16.4 Å². The minimum atomic E-state index is -4.68. The van der Waals surface area contributed by atoms with Crippen molar-refractivity contribution in [1.82, 2.24) is 9.62 Å². The lowest BCUT2D eigenvalue weighted by Crippen LogP contribution is -2.50. The highest BCUT2D eigenvalue weighted by atomic mass is 35.5. The number of hydrogen-bond acceptors (Lipinski definition) is 4. The number of carbonyl (C=O) groups excluding carboxylic acids is 1. The van der Waals surface area contributed by atoms with Crippen molar-refractivity contribution in [3.05, 3.63) is 64.7 Å². The van der Waals surface area contributed by atoms with E-state index < -0.39 is 39.0 Å². The fraction of sp³-hybridized carbons (Fsp3) is 0.350. The van der Waals surface area contributed by atoms with Crippen molar-refractivity contribution in [1.29, 1.82) is 0 Å². The molecule has 1 saturated heterocycles. The molecular weight excluding hydrogens is 455 g/mol. The van der Waals surface area contributed by atoms with Gasteiger partial charge in [-0.15, -0.1) is 0 Å². The molecule has 1 amide bonds. The molecule has 0 unspecified atom stereocenters. The first kappa shape index (κ1) is 23.4. The highest BCUT2D eigenvalue weighted by molar-refractivity contribution is 7.89. The van der Waals surface area contributed by atoms with Gasteiger partial charge in [0, 0.05) is 43.4 Å². The molecule has 1 aliphatic rings. The highest BCUT2D eigenvalue weighted by Gasteiger charge is 2.35. The van der Waals surface area contributed by atoms with Crippen LogP contribution in [0.25, 0.3) is 0 Å². The quantitative estimate of drug-likeness (QED) is 0.696. The van der Waals surface area contributed by atoms with Gasteiger partial charge in [-0.3, -0.25) is 4.79 Å². The molecule has 0 saturated carbocycles. The molecule has 2 aromatic rings. The lowest BCUT2D eigenvalue weighted by Gasteiger charge is -2.35. The number of anilines is 1. The molecule has 31 heavy (non-hydrogen) atoms. The molecule has 6 nitrogen and oxygen atoms in total. The zero-order valence-electron chi connectivity index (χ0n) is 16.4. The second-order valence-electron chi connectivity index (χ2n) is 6.98. The topological polar surface area (TPSA) is 69.7 Å². The number of sulfonamides is 1. The largest absolute Gasteiger partial charge is 0.417 e. The summed E-state index contributed by atoms with van der Waals surface area (Å²) in [5.41, 5.74) is -0.658. The lowest BCUT2D eigenvalue weighted by atomic mass is 10.1. The predicted octanol–water partition coefficient (Wildman–Crippen LogP) is 3.24. The van der Waals surface area contributed by atoms with E-state index in [0.29, 0.717) is 18.1 Å². The van der Waals surface area contributed by atoms with E-state index in [1.807, 2.05) is 17.0 Å². The number of nitrogens with one attached hydrogen (secondary N) is 1. The fourth-order valence-corrected chi connectivity index (χ4v) is 4.79. The van der Waals surface area contributed by atoms with E-state index in [-0.39, 0.29) is 19.6 Å². The SMILES string of the molecule is O=C(NCCS(=O)(=O)N1CCN(c2ccc(Cl)cc2)CC1)c1ccccc1C(F)(F)F. The van der Waals surface area contributed by atoms with Crippen LogP contribution < -0.4 is 10.2 Å². The van der Waals surface area contributed by atoms with E-state index in [9.17, 15) is 26.4 Å². The average molecular weight is 476 g/mol. The van der Waals surface area contributed by atoms with Crippen LogP contribution in [0.5, 0.6) is 0 Å². The maximum Gasteiger partial charge on any atom is 0.417 e. The molecule has 0 bridgehead atoms. The van der Waals surface area contributed by atoms with Crippen LogP contribution in [0, 0.1) is 0 Å². The Morgan fingerprint density at radius 3 is 2.23 bits per heavy atom. The van der Waals surface area contributed by atoms with Gasteiger partial charge in [0.15, 0.2) is 0 Å². The number of rotatable bonds is 6. The maximum absolute atomic E-state index is 13.0. The Balaban J connectivity index is 1.53. The molecule has 1 aliphatic heterocycles. The maximum atomic E-state index is 13.0. The standard InChI is InChI=1S/C20H21ClF3N3O3S/c21-15-5-7-16(8-6-15)26-10-12-27(13-11-26)31(29,30)14-9-25-19(28)17-3-1-2-4-18(17)20(22,23)24/h1-8H,9-14H2,(H,25,28). The molecule has 0 spiro atoms. The van der Waals surface area contributed by atoms with Crippen LogP contribution in [-0.2, 0) is 16.2 Å². The summed E-state index contributed by atoms with van der Waals surface area (Å²) in [6, 6.07) is 11.6. The number of halogens is 4. The van der Waals surface area contributed by atoms with Crippen LogP contribution in [0.4, 0.5) is 18.9 Å². The minimum absolute atomic E-state index is 0.274. The molecular formula is C20H21ClF3N3O3S. The van der Waals surface area contributed by atoms with E-state index in [2.05, 4.69) is 5.32 Å². The Morgan fingerprint density at radius 2 is 1.61 bits per heavy atom. The van der Waals surface area contributed by atoms with Crippen LogP contribution in [0.15, 0.2) is 48.5 Å². The van der Waals surface area contributed by atoms with Crippen LogP contribution >= 0.6 is 11.6 Å². The van der Waals surface area contributed by atoms with Gasteiger partial charge >= 0.3 is 6.18 Å². The third-order valence-corrected chi connectivity index (χ3v) is 7.07. The summed E-state index contributed by atoms with van der Waals surface area (Å²) in [7, 11) is -3.66. The highest BCUT2D eigenvalue weighted by Crippen LogP contribution is 2.31. The Bertz CT molecular complexity index is 1020. The van der Waals surface area contributed by atoms with E-state index in [0.717, 1.165) is 17.8 Å². The van der Waals surface area contributed by atoms with Crippen molar-refractivity contribution in [3.8, 4) is 0 Å². The van der Waals surface area contributed by atoms with Gasteiger partial charge in [-0.2, -0.15) is 17.5 Å². The van der Waals surface area contributed by atoms with Gasteiger partial charge in [0.05, 0.1) is 16.9 Å². The van der Waals surface area contributed by atoms with Gasteiger partial charge in [0.1, 0.15) is 0 Å². The first-order chi connectivity index (χ1) is 14.6. The molecule has 1 fully saturated rings. The van der Waals surface area contributed by atoms with Gasteiger partial charge in [0.25, 0.3) is 5.91 Å². The fourth-order valence-electron chi connectivity index (χ4n) is 3.32. The Kier molecular flexibility index (Phi) is 7.13.